The summed E-state index contributed by atoms with van der Waals surface area (Å²) in [4.78, 5) is 24.4. The summed E-state index contributed by atoms with van der Waals surface area (Å²) in [5, 5.41) is 18.5. The topological polar surface area (TPSA) is 102 Å². The van der Waals surface area contributed by atoms with Crippen molar-refractivity contribution in [2.75, 3.05) is 13.2 Å². The monoisotopic (exact) mass is 686 g/mol. The number of aliphatic hydroxyl groups excluding tert-OH is 1. The van der Waals surface area contributed by atoms with Gasteiger partial charge in [-0.3, -0.25) is 9.59 Å². The first-order valence-electron chi connectivity index (χ1n) is 17.2. The van der Waals surface area contributed by atoms with E-state index in [0.29, 0.717) is 31.3 Å². The number of carbonyl (C=O) groups is 2. The standard InChI is InChI=1S/C18H30O4.C16H22F6O3/c1-4-16(2,3)15(20)22-18-10-13-7-14(11-18)9-17(8-13,12-18)21-6-5-19;1-3-8(2)13(23)25-12-6-9-4-10(12)5-11(9)7-14(24,15(17,18)19)16(20,21)22/h13-14,19H,4-12H2,1-3H3;8-12,24H,3-7H2,1-2H3. The van der Waals surface area contributed by atoms with Gasteiger partial charge in [0.1, 0.15) is 11.7 Å². The van der Waals surface area contributed by atoms with Crippen LogP contribution in [0.4, 0.5) is 26.3 Å². The van der Waals surface area contributed by atoms with Crippen LogP contribution >= 0.6 is 0 Å². The van der Waals surface area contributed by atoms with Crippen molar-refractivity contribution in [3.63, 3.8) is 0 Å². The van der Waals surface area contributed by atoms with Crippen LogP contribution in [0, 0.1) is 40.9 Å². The van der Waals surface area contributed by atoms with Gasteiger partial charge in [0.2, 0.25) is 0 Å². The Morgan fingerprint density at radius 3 is 1.91 bits per heavy atom. The van der Waals surface area contributed by atoms with E-state index in [1.807, 2.05) is 27.7 Å². The Morgan fingerprint density at radius 1 is 0.872 bits per heavy atom. The highest BCUT2D eigenvalue weighted by Gasteiger charge is 2.71. The van der Waals surface area contributed by atoms with Crippen LogP contribution < -0.4 is 0 Å². The van der Waals surface area contributed by atoms with E-state index >= 15 is 0 Å². The summed E-state index contributed by atoms with van der Waals surface area (Å²) in [5.74, 6) is -1.07. The molecule has 6 fully saturated rings. The summed E-state index contributed by atoms with van der Waals surface area (Å²) in [6.45, 7) is 9.94. The Kier molecular flexibility index (Phi) is 11.1. The van der Waals surface area contributed by atoms with Gasteiger partial charge in [0.05, 0.1) is 30.1 Å². The fourth-order valence-corrected chi connectivity index (χ4v) is 9.07. The third-order valence-electron chi connectivity index (χ3n) is 11.9. The van der Waals surface area contributed by atoms with Gasteiger partial charge in [-0.1, -0.05) is 20.8 Å². The Hall–Kier alpha value is -1.60. The number of alkyl halides is 6. The first-order valence-corrected chi connectivity index (χ1v) is 17.2. The first kappa shape index (κ1) is 38.2. The second-order valence-electron chi connectivity index (χ2n) is 15.9. The molecule has 0 spiro atoms. The van der Waals surface area contributed by atoms with E-state index in [0.717, 1.165) is 38.5 Å². The fraction of sp³-hybridized carbons (Fsp3) is 0.941. The van der Waals surface area contributed by atoms with E-state index in [4.69, 9.17) is 19.3 Å². The summed E-state index contributed by atoms with van der Waals surface area (Å²) in [7, 11) is 0. The fourth-order valence-electron chi connectivity index (χ4n) is 9.07. The van der Waals surface area contributed by atoms with Crippen LogP contribution in [0.15, 0.2) is 0 Å². The van der Waals surface area contributed by atoms with Gasteiger partial charge in [-0.25, -0.2) is 0 Å². The lowest BCUT2D eigenvalue weighted by Gasteiger charge is -2.61. The smallest absolute Gasteiger partial charge is 0.426 e. The molecule has 6 aliphatic carbocycles. The maximum Gasteiger partial charge on any atom is 0.426 e. The molecule has 6 rings (SSSR count). The minimum atomic E-state index is -5.78. The molecule has 0 amide bonds. The van der Waals surface area contributed by atoms with E-state index in [1.54, 1.807) is 6.92 Å². The van der Waals surface area contributed by atoms with Crippen LogP contribution in [-0.2, 0) is 23.8 Å². The predicted molar refractivity (Wildman–Crippen MR) is 159 cm³/mol. The van der Waals surface area contributed by atoms with Gasteiger partial charge in [0.25, 0.3) is 5.60 Å². The average Bonchev–Trinajstić information content (AvgIpc) is 3.53. The second kappa shape index (κ2) is 13.6. The number of ether oxygens (including phenoxy) is 3. The third-order valence-corrected chi connectivity index (χ3v) is 11.9. The number of carbonyl (C=O) groups excluding carboxylic acids is 2. The first-order chi connectivity index (χ1) is 21.6. The summed E-state index contributed by atoms with van der Waals surface area (Å²) >= 11 is 0. The lowest BCUT2D eigenvalue weighted by atomic mass is 9.52. The number of esters is 2. The Bertz CT molecular complexity index is 1090. The zero-order valence-corrected chi connectivity index (χ0v) is 28.1. The molecule has 6 saturated carbocycles. The number of hydrogen-bond donors (Lipinski definition) is 2. The molecule has 47 heavy (non-hydrogen) atoms. The Balaban J connectivity index is 0.000000214. The Morgan fingerprint density at radius 2 is 1.45 bits per heavy atom. The van der Waals surface area contributed by atoms with E-state index in [9.17, 15) is 41.0 Å². The number of rotatable bonds is 11. The zero-order valence-electron chi connectivity index (χ0n) is 28.1. The number of hydrogen-bond acceptors (Lipinski definition) is 7. The van der Waals surface area contributed by atoms with Crippen LogP contribution in [0.3, 0.4) is 0 Å². The highest BCUT2D eigenvalue weighted by molar-refractivity contribution is 5.76. The predicted octanol–water partition coefficient (Wildman–Crippen LogP) is 7.30. The maximum atomic E-state index is 12.8. The van der Waals surface area contributed by atoms with E-state index < -0.39 is 53.7 Å². The molecule has 0 aromatic rings. The molecule has 0 aromatic carbocycles. The molecule has 13 heteroatoms. The van der Waals surface area contributed by atoms with Crippen molar-refractivity contribution in [3.8, 4) is 0 Å². The molecule has 0 aromatic heterocycles. The van der Waals surface area contributed by atoms with Crippen molar-refractivity contribution in [3.05, 3.63) is 0 Å². The highest BCUT2D eigenvalue weighted by atomic mass is 19.4. The quantitative estimate of drug-likeness (QED) is 0.174. The third kappa shape index (κ3) is 7.92. The summed E-state index contributed by atoms with van der Waals surface area (Å²) in [6, 6.07) is 0. The molecule has 7 nitrogen and oxygen atoms in total. The minimum Gasteiger partial charge on any atom is -0.462 e. The SMILES string of the molecule is CCC(C)(C)C(=O)OC12CC3CC(CC(OCCO)(C3)C1)C2.CCC(C)C(=O)OC1CC2CC1CC2CC(O)(C(F)(F)F)C(F)(F)F. The summed E-state index contributed by atoms with van der Waals surface area (Å²) in [5.41, 5.74) is -5.59. The van der Waals surface area contributed by atoms with Crippen molar-refractivity contribution in [2.24, 2.45) is 40.9 Å². The van der Waals surface area contributed by atoms with Crippen LogP contribution in [0.2, 0.25) is 0 Å². The minimum absolute atomic E-state index is 0.0609. The number of fused-ring (bicyclic) bond motifs is 2. The van der Waals surface area contributed by atoms with Crippen molar-refractivity contribution < 1.29 is 60.4 Å². The van der Waals surface area contributed by atoms with Crippen molar-refractivity contribution in [1.82, 2.24) is 0 Å². The summed E-state index contributed by atoms with van der Waals surface area (Å²) in [6.07, 6.45) is -5.05. The molecule has 0 radical (unpaired) electrons. The molecule has 0 aliphatic heterocycles. The average molecular weight is 687 g/mol. The zero-order chi connectivity index (χ0) is 35.2. The van der Waals surface area contributed by atoms with Gasteiger partial charge in [0, 0.05) is 6.42 Å². The van der Waals surface area contributed by atoms with Crippen molar-refractivity contribution >= 4 is 11.9 Å². The van der Waals surface area contributed by atoms with Crippen LogP contribution in [-0.4, -0.2) is 70.6 Å². The summed E-state index contributed by atoms with van der Waals surface area (Å²) < 4.78 is 94.6. The number of halogens is 6. The Labute approximate surface area is 273 Å². The molecule has 0 heterocycles. The molecule has 272 valence electrons. The van der Waals surface area contributed by atoms with E-state index in [1.165, 1.54) is 6.42 Å². The molecular weight excluding hydrogens is 634 g/mol. The molecule has 6 bridgehead atoms. The van der Waals surface area contributed by atoms with Crippen LogP contribution in [0.1, 0.15) is 112 Å². The molecule has 0 saturated heterocycles. The molecule has 7 unspecified atom stereocenters. The highest BCUT2D eigenvalue weighted by Crippen LogP contribution is 2.61. The van der Waals surface area contributed by atoms with Gasteiger partial charge in [-0.2, -0.15) is 26.3 Å². The number of aliphatic hydroxyl groups is 2. The normalized spacial score (nSPS) is 35.3. The second-order valence-corrected chi connectivity index (χ2v) is 15.9. The molecular formula is C34H52F6O7. The van der Waals surface area contributed by atoms with Crippen molar-refractivity contribution in [1.29, 1.82) is 0 Å². The van der Waals surface area contributed by atoms with E-state index in [-0.39, 0.29) is 48.5 Å². The maximum absolute atomic E-state index is 12.8. The van der Waals surface area contributed by atoms with E-state index in [2.05, 4.69) is 0 Å². The van der Waals surface area contributed by atoms with Crippen LogP contribution in [0.25, 0.3) is 0 Å². The van der Waals surface area contributed by atoms with Gasteiger partial charge >= 0.3 is 24.3 Å². The van der Waals surface area contributed by atoms with Gasteiger partial charge in [0.15, 0.2) is 0 Å². The molecule has 7 atom stereocenters. The van der Waals surface area contributed by atoms with Gasteiger partial charge in [-0.05, 0) is 114 Å². The molecule has 2 N–H and O–H groups in total. The lowest BCUT2D eigenvalue weighted by Crippen LogP contribution is -2.62. The van der Waals surface area contributed by atoms with Gasteiger partial charge in [-0.15, -0.1) is 0 Å². The molecule has 6 aliphatic rings. The van der Waals surface area contributed by atoms with Crippen LogP contribution in [0.5, 0.6) is 0 Å². The largest absolute Gasteiger partial charge is 0.462 e. The van der Waals surface area contributed by atoms with Crippen molar-refractivity contribution in [2.45, 2.75) is 147 Å². The van der Waals surface area contributed by atoms with Gasteiger partial charge < -0.3 is 24.4 Å². The lowest BCUT2D eigenvalue weighted by molar-refractivity contribution is -0.373.